The molecule has 2 heterocycles. The zero-order valence-corrected chi connectivity index (χ0v) is 12.9. The molecule has 0 aliphatic carbocycles. The van der Waals surface area contributed by atoms with Crippen LogP contribution in [-0.4, -0.2) is 9.97 Å². The molecule has 3 nitrogen and oxygen atoms in total. The van der Waals surface area contributed by atoms with Crippen LogP contribution in [0.2, 0.25) is 0 Å². The van der Waals surface area contributed by atoms with Crippen molar-refractivity contribution in [2.45, 2.75) is 0 Å². The molecule has 0 atom stereocenters. The molecule has 19 heavy (non-hydrogen) atoms. The summed E-state index contributed by atoms with van der Waals surface area (Å²) in [4.78, 5) is 8.81. The number of rotatable bonds is 2. The Balaban J connectivity index is 2.06. The molecule has 3 aromatic rings. The van der Waals surface area contributed by atoms with E-state index < -0.39 is 0 Å². The Morgan fingerprint density at radius 3 is 2.68 bits per heavy atom. The van der Waals surface area contributed by atoms with Crippen molar-refractivity contribution in [3.05, 3.63) is 57.7 Å². The zero-order valence-electron chi connectivity index (χ0n) is 9.77. The van der Waals surface area contributed by atoms with Gasteiger partial charge in [0.2, 0.25) is 0 Å². The van der Waals surface area contributed by atoms with Crippen LogP contribution in [0.1, 0.15) is 0 Å². The summed E-state index contributed by atoms with van der Waals surface area (Å²) in [5.41, 5.74) is 1.86. The molecule has 0 aliphatic rings. The van der Waals surface area contributed by atoms with Crippen molar-refractivity contribution >= 4 is 54.3 Å². The first-order valence-corrected chi connectivity index (χ1v) is 7.25. The third kappa shape index (κ3) is 2.77. The Labute approximate surface area is 127 Å². The van der Waals surface area contributed by atoms with Gasteiger partial charge in [-0.25, -0.2) is 4.98 Å². The molecular formula is C14H9Br2N3. The van der Waals surface area contributed by atoms with Gasteiger partial charge in [-0.2, -0.15) is 0 Å². The standard InChI is InChI=1S/C14H9Br2N3/c15-10-7-9-3-1-4-11(14(9)17-8-10)18-13-6-2-5-12(16)19-13/h1-8H,(H,18,19). The molecule has 94 valence electrons. The van der Waals surface area contributed by atoms with Crippen molar-refractivity contribution in [3.8, 4) is 0 Å². The summed E-state index contributed by atoms with van der Waals surface area (Å²) in [6.45, 7) is 0. The van der Waals surface area contributed by atoms with Gasteiger partial charge in [0.05, 0.1) is 11.2 Å². The average Bonchev–Trinajstić information content (AvgIpc) is 2.38. The third-order valence-corrected chi connectivity index (χ3v) is 3.53. The van der Waals surface area contributed by atoms with Gasteiger partial charge in [0, 0.05) is 16.1 Å². The highest BCUT2D eigenvalue weighted by Gasteiger charge is 2.04. The summed E-state index contributed by atoms with van der Waals surface area (Å²) in [6, 6.07) is 13.8. The van der Waals surface area contributed by atoms with Gasteiger partial charge in [-0.3, -0.25) is 4.98 Å². The van der Waals surface area contributed by atoms with E-state index >= 15 is 0 Å². The van der Waals surface area contributed by atoms with Crippen molar-refractivity contribution < 1.29 is 0 Å². The van der Waals surface area contributed by atoms with E-state index in [-0.39, 0.29) is 0 Å². The van der Waals surface area contributed by atoms with Crippen LogP contribution >= 0.6 is 31.9 Å². The molecule has 0 aliphatic heterocycles. The number of pyridine rings is 2. The van der Waals surface area contributed by atoms with Gasteiger partial charge < -0.3 is 5.32 Å². The largest absolute Gasteiger partial charge is 0.338 e. The quantitative estimate of drug-likeness (QED) is 0.644. The SMILES string of the molecule is Brc1cnc2c(Nc3cccc(Br)n3)cccc2c1. The third-order valence-electron chi connectivity index (χ3n) is 2.66. The minimum absolute atomic E-state index is 0.784. The maximum Gasteiger partial charge on any atom is 0.131 e. The molecule has 1 aromatic carbocycles. The van der Waals surface area contributed by atoms with E-state index in [0.29, 0.717) is 0 Å². The minimum atomic E-state index is 0.784. The molecule has 5 heteroatoms. The fraction of sp³-hybridized carbons (Fsp3) is 0. The molecule has 0 bridgehead atoms. The number of nitrogens with zero attached hydrogens (tertiary/aromatic N) is 2. The van der Waals surface area contributed by atoms with E-state index in [2.05, 4.69) is 47.1 Å². The summed E-state index contributed by atoms with van der Waals surface area (Å²) in [7, 11) is 0. The second-order valence-corrected chi connectivity index (χ2v) is 5.73. The van der Waals surface area contributed by atoms with Crippen molar-refractivity contribution in [1.29, 1.82) is 0 Å². The summed E-state index contributed by atoms with van der Waals surface area (Å²) in [6.07, 6.45) is 1.79. The lowest BCUT2D eigenvalue weighted by atomic mass is 10.2. The van der Waals surface area contributed by atoms with Gasteiger partial charge in [-0.15, -0.1) is 0 Å². The number of anilines is 2. The lowest BCUT2D eigenvalue weighted by molar-refractivity contribution is 1.26. The molecule has 0 fully saturated rings. The highest BCUT2D eigenvalue weighted by molar-refractivity contribution is 9.10. The average molecular weight is 379 g/mol. The number of hydrogen-bond acceptors (Lipinski definition) is 3. The molecule has 0 saturated heterocycles. The first-order chi connectivity index (χ1) is 9.22. The molecule has 0 unspecified atom stereocenters. The van der Waals surface area contributed by atoms with E-state index in [1.54, 1.807) is 6.20 Å². The predicted octanol–water partition coefficient (Wildman–Crippen LogP) is 4.90. The normalized spacial score (nSPS) is 10.6. The first kappa shape index (κ1) is 12.6. The van der Waals surface area contributed by atoms with Gasteiger partial charge in [0.25, 0.3) is 0 Å². The van der Waals surface area contributed by atoms with Gasteiger partial charge in [0.15, 0.2) is 0 Å². The van der Waals surface area contributed by atoms with E-state index in [9.17, 15) is 0 Å². The van der Waals surface area contributed by atoms with Crippen LogP contribution < -0.4 is 5.32 Å². The number of nitrogens with one attached hydrogen (secondary N) is 1. The Kier molecular flexibility index (Phi) is 3.48. The zero-order chi connectivity index (χ0) is 13.2. The molecule has 0 spiro atoms. The molecule has 0 saturated carbocycles. The second kappa shape index (κ2) is 5.27. The van der Waals surface area contributed by atoms with E-state index in [1.165, 1.54) is 0 Å². The van der Waals surface area contributed by atoms with Crippen molar-refractivity contribution in [2.75, 3.05) is 5.32 Å². The van der Waals surface area contributed by atoms with Crippen molar-refractivity contribution in [2.24, 2.45) is 0 Å². The maximum absolute atomic E-state index is 4.45. The number of benzene rings is 1. The molecule has 3 rings (SSSR count). The van der Waals surface area contributed by atoms with E-state index in [1.807, 2.05) is 42.5 Å². The highest BCUT2D eigenvalue weighted by Crippen LogP contribution is 2.26. The Hall–Kier alpha value is -1.46. The predicted molar refractivity (Wildman–Crippen MR) is 84.7 cm³/mol. The van der Waals surface area contributed by atoms with E-state index in [4.69, 9.17) is 0 Å². The smallest absolute Gasteiger partial charge is 0.131 e. The Morgan fingerprint density at radius 1 is 1.00 bits per heavy atom. The van der Waals surface area contributed by atoms with Crippen molar-refractivity contribution in [3.63, 3.8) is 0 Å². The summed E-state index contributed by atoms with van der Waals surface area (Å²) >= 11 is 6.79. The maximum atomic E-state index is 4.45. The van der Waals surface area contributed by atoms with Crippen molar-refractivity contribution in [1.82, 2.24) is 9.97 Å². The molecule has 2 aromatic heterocycles. The van der Waals surface area contributed by atoms with Gasteiger partial charge in [0.1, 0.15) is 10.4 Å². The minimum Gasteiger partial charge on any atom is -0.338 e. The first-order valence-electron chi connectivity index (χ1n) is 5.66. The Bertz CT molecular complexity index is 744. The van der Waals surface area contributed by atoms with Crippen LogP contribution in [0.3, 0.4) is 0 Å². The summed E-state index contributed by atoms with van der Waals surface area (Å²) < 4.78 is 1.77. The van der Waals surface area contributed by atoms with Crippen LogP contribution in [0.4, 0.5) is 11.5 Å². The van der Waals surface area contributed by atoms with Gasteiger partial charge >= 0.3 is 0 Å². The Morgan fingerprint density at radius 2 is 1.84 bits per heavy atom. The summed E-state index contributed by atoms with van der Waals surface area (Å²) in [5.74, 6) is 0.784. The van der Waals surface area contributed by atoms with Gasteiger partial charge in [-0.1, -0.05) is 18.2 Å². The van der Waals surface area contributed by atoms with Crippen LogP contribution in [-0.2, 0) is 0 Å². The number of halogens is 2. The number of hydrogen-bond donors (Lipinski definition) is 1. The highest BCUT2D eigenvalue weighted by atomic mass is 79.9. The number of para-hydroxylation sites is 1. The topological polar surface area (TPSA) is 37.8 Å². The molecular weight excluding hydrogens is 370 g/mol. The van der Waals surface area contributed by atoms with E-state index in [0.717, 1.165) is 31.5 Å². The van der Waals surface area contributed by atoms with Crippen LogP contribution in [0, 0.1) is 0 Å². The van der Waals surface area contributed by atoms with Gasteiger partial charge in [-0.05, 0) is 56.1 Å². The lowest BCUT2D eigenvalue weighted by Crippen LogP contribution is -1.95. The van der Waals surface area contributed by atoms with Crippen LogP contribution in [0.15, 0.2) is 57.7 Å². The monoisotopic (exact) mass is 377 g/mol. The number of aromatic nitrogens is 2. The fourth-order valence-electron chi connectivity index (χ4n) is 1.85. The molecule has 0 amide bonds. The lowest BCUT2D eigenvalue weighted by Gasteiger charge is -2.08. The van der Waals surface area contributed by atoms with Crippen LogP contribution in [0.5, 0.6) is 0 Å². The second-order valence-electron chi connectivity index (χ2n) is 4.00. The molecule has 0 radical (unpaired) electrons. The molecule has 1 N–H and O–H groups in total. The number of fused-ring (bicyclic) bond motifs is 1. The fourth-order valence-corrected chi connectivity index (χ4v) is 2.54. The van der Waals surface area contributed by atoms with Crippen LogP contribution in [0.25, 0.3) is 10.9 Å². The summed E-state index contributed by atoms with van der Waals surface area (Å²) in [5, 5.41) is 4.37.